The minimum atomic E-state index is -0.136. The van der Waals surface area contributed by atoms with Crippen LogP contribution >= 0.6 is 11.8 Å². The second kappa shape index (κ2) is 6.73. The quantitative estimate of drug-likeness (QED) is 0.868. The van der Waals surface area contributed by atoms with E-state index in [0.717, 1.165) is 36.6 Å². The third-order valence-electron chi connectivity index (χ3n) is 4.44. The number of nitrogens with zero attached hydrogens (tertiary/aromatic N) is 2. The lowest BCUT2D eigenvalue weighted by atomic mass is 9.95. The van der Waals surface area contributed by atoms with Crippen molar-refractivity contribution >= 4 is 11.8 Å². The van der Waals surface area contributed by atoms with Gasteiger partial charge >= 0.3 is 0 Å². The van der Waals surface area contributed by atoms with Crippen molar-refractivity contribution in [3.63, 3.8) is 0 Å². The maximum absolute atomic E-state index is 12.5. The molecule has 0 unspecified atom stereocenters. The molecule has 0 aliphatic carbocycles. The number of fused-ring (bicyclic) bond motifs is 1. The number of hydrogen-bond donors (Lipinski definition) is 1. The molecule has 2 heterocycles. The van der Waals surface area contributed by atoms with Gasteiger partial charge in [-0.3, -0.25) is 9.69 Å². The van der Waals surface area contributed by atoms with Gasteiger partial charge in [0.05, 0.1) is 11.3 Å². The van der Waals surface area contributed by atoms with Crippen molar-refractivity contribution in [2.24, 2.45) is 0 Å². The molecule has 0 saturated carbocycles. The van der Waals surface area contributed by atoms with Crippen molar-refractivity contribution in [1.29, 1.82) is 0 Å². The predicted molar refractivity (Wildman–Crippen MR) is 99.6 cm³/mol. The molecular weight excluding hydrogens is 318 g/mol. The normalized spacial score (nSPS) is 15.3. The fourth-order valence-electron chi connectivity index (χ4n) is 3.05. The molecule has 0 radical (unpaired) electrons. The van der Waals surface area contributed by atoms with E-state index in [1.165, 1.54) is 10.5 Å². The van der Waals surface area contributed by atoms with E-state index < -0.39 is 0 Å². The Hall–Kier alpha value is -1.59. The SMILES string of the molecule is CSc1ccccc1CN1CCc2nc(C(C)(C)C)[nH]c(=O)c2C1. The van der Waals surface area contributed by atoms with E-state index in [1.54, 1.807) is 11.8 Å². The van der Waals surface area contributed by atoms with Crippen molar-refractivity contribution in [2.75, 3.05) is 12.8 Å². The molecule has 1 aliphatic heterocycles. The lowest BCUT2D eigenvalue weighted by Gasteiger charge is -2.29. The first-order chi connectivity index (χ1) is 11.4. The molecule has 0 spiro atoms. The summed E-state index contributed by atoms with van der Waals surface area (Å²) in [4.78, 5) is 23.9. The molecule has 0 saturated heterocycles. The van der Waals surface area contributed by atoms with Crippen LogP contribution < -0.4 is 5.56 Å². The first-order valence-corrected chi connectivity index (χ1v) is 9.58. The maximum atomic E-state index is 12.5. The van der Waals surface area contributed by atoms with E-state index in [0.29, 0.717) is 6.54 Å². The van der Waals surface area contributed by atoms with Gasteiger partial charge in [-0.2, -0.15) is 0 Å². The van der Waals surface area contributed by atoms with Gasteiger partial charge in [0.1, 0.15) is 5.82 Å². The molecule has 1 N–H and O–H groups in total. The van der Waals surface area contributed by atoms with Gasteiger partial charge in [-0.15, -0.1) is 11.8 Å². The zero-order chi connectivity index (χ0) is 17.3. The Morgan fingerprint density at radius 3 is 2.75 bits per heavy atom. The van der Waals surface area contributed by atoms with E-state index in [2.05, 4.69) is 61.2 Å². The van der Waals surface area contributed by atoms with Crippen molar-refractivity contribution in [2.45, 2.75) is 50.6 Å². The Balaban J connectivity index is 1.84. The van der Waals surface area contributed by atoms with Gasteiger partial charge in [0, 0.05) is 36.4 Å². The Bertz CT molecular complexity index is 792. The average molecular weight is 343 g/mol. The number of thioether (sulfide) groups is 1. The molecule has 3 rings (SSSR count). The molecule has 5 heteroatoms. The fourth-order valence-corrected chi connectivity index (χ4v) is 3.66. The van der Waals surface area contributed by atoms with Gasteiger partial charge in [-0.1, -0.05) is 39.0 Å². The largest absolute Gasteiger partial charge is 0.310 e. The zero-order valence-corrected chi connectivity index (χ0v) is 15.7. The summed E-state index contributed by atoms with van der Waals surface area (Å²) in [6.45, 7) is 8.71. The van der Waals surface area contributed by atoms with Crippen LogP contribution in [0.3, 0.4) is 0 Å². The second-order valence-electron chi connectivity index (χ2n) is 7.36. The Labute approximate surface area is 147 Å². The van der Waals surface area contributed by atoms with Crippen LogP contribution in [0, 0.1) is 0 Å². The molecule has 0 fully saturated rings. The second-order valence-corrected chi connectivity index (χ2v) is 8.21. The van der Waals surface area contributed by atoms with E-state index in [-0.39, 0.29) is 11.0 Å². The summed E-state index contributed by atoms with van der Waals surface area (Å²) in [5.41, 5.74) is 3.01. The molecule has 0 atom stereocenters. The number of rotatable bonds is 3. The van der Waals surface area contributed by atoms with Crippen LogP contribution in [-0.4, -0.2) is 27.7 Å². The molecule has 128 valence electrons. The molecule has 2 aromatic rings. The van der Waals surface area contributed by atoms with Gasteiger partial charge in [-0.05, 0) is 17.9 Å². The third kappa shape index (κ3) is 3.57. The third-order valence-corrected chi connectivity index (χ3v) is 5.28. The van der Waals surface area contributed by atoms with Crippen molar-refractivity contribution in [3.05, 3.63) is 57.3 Å². The van der Waals surface area contributed by atoms with Crippen LogP contribution in [-0.2, 0) is 24.9 Å². The number of aromatic nitrogens is 2. The van der Waals surface area contributed by atoms with Crippen molar-refractivity contribution < 1.29 is 0 Å². The molecular formula is C19H25N3OS. The maximum Gasteiger partial charge on any atom is 0.255 e. The average Bonchev–Trinajstić information content (AvgIpc) is 2.55. The van der Waals surface area contributed by atoms with Crippen LogP contribution in [0.25, 0.3) is 0 Å². The monoisotopic (exact) mass is 343 g/mol. The van der Waals surface area contributed by atoms with Gasteiger partial charge in [0.2, 0.25) is 0 Å². The summed E-state index contributed by atoms with van der Waals surface area (Å²) in [7, 11) is 0. The minimum absolute atomic E-state index is 0.0211. The molecule has 1 aliphatic rings. The highest BCUT2D eigenvalue weighted by atomic mass is 32.2. The van der Waals surface area contributed by atoms with Gasteiger partial charge in [0.15, 0.2) is 0 Å². The first kappa shape index (κ1) is 17.2. The summed E-state index contributed by atoms with van der Waals surface area (Å²) in [5.74, 6) is 0.785. The van der Waals surface area contributed by atoms with Crippen LogP contribution in [0.4, 0.5) is 0 Å². The van der Waals surface area contributed by atoms with Crippen LogP contribution in [0.5, 0.6) is 0 Å². The number of benzene rings is 1. The van der Waals surface area contributed by atoms with Crippen molar-refractivity contribution in [3.8, 4) is 0 Å². The van der Waals surface area contributed by atoms with E-state index in [9.17, 15) is 4.79 Å². The zero-order valence-electron chi connectivity index (χ0n) is 14.8. The molecule has 0 amide bonds. The Kier molecular flexibility index (Phi) is 4.83. The summed E-state index contributed by atoms with van der Waals surface area (Å²) in [6.07, 6.45) is 2.94. The number of H-pyrrole nitrogens is 1. The smallest absolute Gasteiger partial charge is 0.255 e. The summed E-state index contributed by atoms with van der Waals surface area (Å²) < 4.78 is 0. The molecule has 4 nitrogen and oxygen atoms in total. The Morgan fingerprint density at radius 1 is 1.29 bits per heavy atom. The summed E-state index contributed by atoms with van der Waals surface area (Å²) >= 11 is 1.77. The highest BCUT2D eigenvalue weighted by Crippen LogP contribution is 2.24. The molecule has 24 heavy (non-hydrogen) atoms. The van der Waals surface area contributed by atoms with Crippen LogP contribution in [0.15, 0.2) is 34.0 Å². The highest BCUT2D eigenvalue weighted by molar-refractivity contribution is 7.98. The Morgan fingerprint density at radius 2 is 2.04 bits per heavy atom. The van der Waals surface area contributed by atoms with Crippen LogP contribution in [0.1, 0.15) is 43.4 Å². The number of nitrogens with one attached hydrogen (secondary N) is 1. The van der Waals surface area contributed by atoms with Crippen LogP contribution in [0.2, 0.25) is 0 Å². The number of hydrogen-bond acceptors (Lipinski definition) is 4. The van der Waals surface area contributed by atoms with Gasteiger partial charge < -0.3 is 4.98 Å². The summed E-state index contributed by atoms with van der Waals surface area (Å²) in [6, 6.07) is 8.48. The minimum Gasteiger partial charge on any atom is -0.310 e. The number of aromatic amines is 1. The van der Waals surface area contributed by atoms with E-state index >= 15 is 0 Å². The highest BCUT2D eigenvalue weighted by Gasteiger charge is 2.25. The molecule has 1 aromatic carbocycles. The predicted octanol–water partition coefficient (Wildman–Crippen LogP) is 3.35. The lowest BCUT2D eigenvalue weighted by molar-refractivity contribution is 0.239. The fraction of sp³-hybridized carbons (Fsp3) is 0.474. The standard InChI is InChI=1S/C19H25N3OS/c1-19(2,3)18-20-15-9-10-22(12-14(15)17(23)21-18)11-13-7-5-6-8-16(13)24-4/h5-8H,9-12H2,1-4H3,(H,20,21,23). The van der Waals surface area contributed by atoms with E-state index in [4.69, 9.17) is 4.98 Å². The van der Waals surface area contributed by atoms with Crippen molar-refractivity contribution in [1.82, 2.24) is 14.9 Å². The summed E-state index contributed by atoms with van der Waals surface area (Å²) in [5, 5.41) is 0. The van der Waals surface area contributed by atoms with Gasteiger partial charge in [0.25, 0.3) is 5.56 Å². The first-order valence-electron chi connectivity index (χ1n) is 8.35. The lowest BCUT2D eigenvalue weighted by Crippen LogP contribution is -2.37. The molecule has 0 bridgehead atoms. The molecule has 1 aromatic heterocycles. The van der Waals surface area contributed by atoms with Gasteiger partial charge in [-0.25, -0.2) is 4.98 Å². The van der Waals surface area contributed by atoms with E-state index in [1.807, 2.05) is 0 Å². The topological polar surface area (TPSA) is 49.0 Å².